The molecule has 0 aliphatic rings. The van der Waals surface area contributed by atoms with Gasteiger partial charge in [-0.2, -0.15) is 0 Å². The van der Waals surface area contributed by atoms with Crippen molar-refractivity contribution in [3.05, 3.63) is 57.6 Å². The number of carbonyl (C=O) groups is 1. The Morgan fingerprint density at radius 3 is 2.52 bits per heavy atom. The Hall–Kier alpha value is -1.81. The highest BCUT2D eigenvalue weighted by molar-refractivity contribution is 9.10. The van der Waals surface area contributed by atoms with E-state index in [4.69, 9.17) is 4.74 Å². The van der Waals surface area contributed by atoms with Crippen LogP contribution in [0, 0.1) is 13.8 Å². The molecule has 0 unspecified atom stereocenters. The number of aryl methyl sites for hydroxylation is 2. The predicted molar refractivity (Wildman–Crippen MR) is 89.2 cm³/mol. The van der Waals surface area contributed by atoms with Gasteiger partial charge in [-0.25, -0.2) is 0 Å². The predicted octanol–water partition coefficient (Wildman–Crippen LogP) is 4.72. The summed E-state index contributed by atoms with van der Waals surface area (Å²) in [6.07, 6.45) is 0. The van der Waals surface area contributed by atoms with Crippen LogP contribution in [0.15, 0.2) is 40.9 Å². The van der Waals surface area contributed by atoms with Gasteiger partial charge < -0.3 is 10.1 Å². The summed E-state index contributed by atoms with van der Waals surface area (Å²) >= 11 is 3.43. The minimum absolute atomic E-state index is 0.113. The lowest BCUT2D eigenvalue weighted by Gasteiger charge is -2.11. The molecule has 4 heteroatoms. The van der Waals surface area contributed by atoms with Crippen LogP contribution in [0.1, 0.15) is 28.4 Å². The van der Waals surface area contributed by atoms with Crippen LogP contribution in [0.5, 0.6) is 5.75 Å². The van der Waals surface area contributed by atoms with Crippen molar-refractivity contribution in [1.29, 1.82) is 0 Å². The average Bonchev–Trinajstić information content (AvgIpc) is 2.45. The van der Waals surface area contributed by atoms with Crippen molar-refractivity contribution < 1.29 is 9.53 Å². The van der Waals surface area contributed by atoms with E-state index in [0.717, 1.165) is 27.0 Å². The highest BCUT2D eigenvalue weighted by Gasteiger charge is 2.09. The van der Waals surface area contributed by atoms with E-state index in [2.05, 4.69) is 21.2 Å². The van der Waals surface area contributed by atoms with Crippen molar-refractivity contribution >= 4 is 27.5 Å². The largest absolute Gasteiger partial charge is 0.494 e. The quantitative estimate of drug-likeness (QED) is 0.868. The summed E-state index contributed by atoms with van der Waals surface area (Å²) in [5.41, 5.74) is 3.45. The van der Waals surface area contributed by atoms with Crippen molar-refractivity contribution in [2.45, 2.75) is 20.8 Å². The van der Waals surface area contributed by atoms with Crippen LogP contribution >= 0.6 is 15.9 Å². The zero-order valence-electron chi connectivity index (χ0n) is 12.4. The third-order valence-corrected chi connectivity index (χ3v) is 4.07. The second-order valence-electron chi connectivity index (χ2n) is 4.83. The molecular weight excluding hydrogens is 330 g/mol. The number of hydrogen-bond donors (Lipinski definition) is 1. The first-order chi connectivity index (χ1) is 10.0. The van der Waals surface area contributed by atoms with E-state index in [9.17, 15) is 4.79 Å². The van der Waals surface area contributed by atoms with E-state index in [0.29, 0.717) is 12.2 Å². The molecule has 0 aromatic heterocycles. The number of nitrogens with one attached hydrogen (secondary N) is 1. The Bertz CT molecular complexity index is 668. The topological polar surface area (TPSA) is 38.3 Å². The molecule has 0 aliphatic heterocycles. The van der Waals surface area contributed by atoms with Gasteiger partial charge in [-0.1, -0.05) is 15.9 Å². The van der Waals surface area contributed by atoms with E-state index in [1.807, 2.05) is 51.1 Å². The van der Waals surface area contributed by atoms with E-state index in [1.54, 1.807) is 6.07 Å². The van der Waals surface area contributed by atoms with Crippen LogP contribution in [-0.4, -0.2) is 12.5 Å². The Labute approximate surface area is 133 Å². The molecule has 0 radical (unpaired) electrons. The van der Waals surface area contributed by atoms with Crippen molar-refractivity contribution in [2.24, 2.45) is 0 Å². The first kappa shape index (κ1) is 15.6. The number of anilines is 1. The molecule has 2 aromatic carbocycles. The number of benzene rings is 2. The van der Waals surface area contributed by atoms with Gasteiger partial charge in [-0.3, -0.25) is 4.79 Å². The van der Waals surface area contributed by atoms with Crippen LogP contribution in [0.25, 0.3) is 0 Å². The summed E-state index contributed by atoms with van der Waals surface area (Å²) < 4.78 is 6.44. The minimum Gasteiger partial charge on any atom is -0.494 e. The maximum absolute atomic E-state index is 12.3. The molecule has 2 aromatic rings. The zero-order chi connectivity index (χ0) is 15.4. The fraction of sp³-hybridized carbons (Fsp3) is 0.235. The van der Waals surface area contributed by atoms with Gasteiger partial charge in [-0.15, -0.1) is 0 Å². The normalized spacial score (nSPS) is 10.3. The number of ether oxygens (including phenoxy) is 1. The molecule has 1 N–H and O–H groups in total. The summed E-state index contributed by atoms with van der Waals surface area (Å²) in [4.78, 5) is 12.3. The first-order valence-corrected chi connectivity index (χ1v) is 7.61. The van der Waals surface area contributed by atoms with E-state index < -0.39 is 0 Å². The highest BCUT2D eigenvalue weighted by Crippen LogP contribution is 2.23. The van der Waals surface area contributed by atoms with Crippen molar-refractivity contribution in [1.82, 2.24) is 0 Å². The van der Waals surface area contributed by atoms with Crippen molar-refractivity contribution in [3.8, 4) is 5.75 Å². The fourth-order valence-corrected chi connectivity index (χ4v) is 2.26. The molecule has 0 heterocycles. The molecule has 3 nitrogen and oxygen atoms in total. The standard InChI is InChI=1S/C17H18BrNO2/c1-4-21-14-6-8-16(12(3)10-14)19-17(20)13-5-7-15(18)11(2)9-13/h5-10H,4H2,1-3H3,(H,19,20). The highest BCUT2D eigenvalue weighted by atomic mass is 79.9. The number of hydrogen-bond acceptors (Lipinski definition) is 2. The molecular formula is C17H18BrNO2. The van der Waals surface area contributed by atoms with E-state index >= 15 is 0 Å². The van der Waals surface area contributed by atoms with Gasteiger partial charge in [0.2, 0.25) is 0 Å². The van der Waals surface area contributed by atoms with Crippen LogP contribution in [0.2, 0.25) is 0 Å². The average molecular weight is 348 g/mol. The smallest absolute Gasteiger partial charge is 0.255 e. The number of carbonyl (C=O) groups excluding carboxylic acids is 1. The SMILES string of the molecule is CCOc1ccc(NC(=O)c2ccc(Br)c(C)c2)c(C)c1. The molecule has 2 rings (SSSR count). The Kier molecular flexibility index (Phi) is 5.02. The zero-order valence-corrected chi connectivity index (χ0v) is 14.0. The minimum atomic E-state index is -0.113. The third kappa shape index (κ3) is 3.85. The Balaban J connectivity index is 2.17. The van der Waals surface area contributed by atoms with Gasteiger partial charge in [0.15, 0.2) is 0 Å². The Morgan fingerprint density at radius 2 is 1.90 bits per heavy atom. The van der Waals surface area contributed by atoms with Gasteiger partial charge in [0.05, 0.1) is 6.61 Å². The van der Waals surface area contributed by atoms with Crippen molar-refractivity contribution in [2.75, 3.05) is 11.9 Å². The first-order valence-electron chi connectivity index (χ1n) is 6.82. The maximum atomic E-state index is 12.3. The lowest BCUT2D eigenvalue weighted by molar-refractivity contribution is 0.102. The Morgan fingerprint density at radius 1 is 1.14 bits per heavy atom. The van der Waals surface area contributed by atoms with E-state index in [-0.39, 0.29) is 5.91 Å². The maximum Gasteiger partial charge on any atom is 0.255 e. The lowest BCUT2D eigenvalue weighted by Crippen LogP contribution is -2.13. The molecule has 0 saturated heterocycles. The van der Waals surface area contributed by atoms with E-state index in [1.165, 1.54) is 0 Å². The van der Waals surface area contributed by atoms with Crippen molar-refractivity contribution in [3.63, 3.8) is 0 Å². The molecule has 0 bridgehead atoms. The second kappa shape index (κ2) is 6.76. The number of amides is 1. The summed E-state index contributed by atoms with van der Waals surface area (Å²) in [6, 6.07) is 11.2. The van der Waals surface area contributed by atoms with Gasteiger partial charge in [0, 0.05) is 15.7 Å². The summed E-state index contributed by atoms with van der Waals surface area (Å²) in [5, 5.41) is 2.93. The fourth-order valence-electron chi connectivity index (χ4n) is 2.01. The molecule has 1 amide bonds. The van der Waals surface area contributed by atoms with Crippen LogP contribution < -0.4 is 10.1 Å². The molecule has 0 fully saturated rings. The lowest BCUT2D eigenvalue weighted by atomic mass is 10.1. The molecule has 0 aliphatic carbocycles. The van der Waals surface area contributed by atoms with Gasteiger partial charge in [0.25, 0.3) is 5.91 Å². The molecule has 0 saturated carbocycles. The molecule has 110 valence electrons. The van der Waals surface area contributed by atoms with Crippen LogP contribution in [0.3, 0.4) is 0 Å². The summed E-state index contributed by atoms with van der Waals surface area (Å²) in [6.45, 7) is 6.48. The monoisotopic (exact) mass is 347 g/mol. The molecule has 0 spiro atoms. The number of halogens is 1. The summed E-state index contributed by atoms with van der Waals surface area (Å²) in [5.74, 6) is 0.699. The number of rotatable bonds is 4. The van der Waals surface area contributed by atoms with Crippen LogP contribution in [0.4, 0.5) is 5.69 Å². The molecule has 0 atom stereocenters. The summed E-state index contributed by atoms with van der Waals surface area (Å²) in [7, 11) is 0. The van der Waals surface area contributed by atoms with Crippen LogP contribution in [-0.2, 0) is 0 Å². The van der Waals surface area contributed by atoms with Gasteiger partial charge in [-0.05, 0) is 68.3 Å². The van der Waals surface area contributed by atoms with Gasteiger partial charge >= 0.3 is 0 Å². The third-order valence-electron chi connectivity index (χ3n) is 3.18. The second-order valence-corrected chi connectivity index (χ2v) is 5.68. The molecule has 21 heavy (non-hydrogen) atoms. The van der Waals surface area contributed by atoms with Gasteiger partial charge in [0.1, 0.15) is 5.75 Å².